The van der Waals surface area contributed by atoms with Gasteiger partial charge in [0.05, 0.1) is 9.50 Å². The number of halogens is 3. The number of rotatable bonds is 6. The molecule has 0 amide bonds. The van der Waals surface area contributed by atoms with Crippen LogP contribution in [0, 0.1) is 5.82 Å². The van der Waals surface area contributed by atoms with Gasteiger partial charge >= 0.3 is 5.97 Å². The summed E-state index contributed by atoms with van der Waals surface area (Å²) in [7, 11) is 0. The Balaban J connectivity index is 2.86. The molecule has 0 spiro atoms. The van der Waals surface area contributed by atoms with Crippen LogP contribution in [0.15, 0.2) is 16.6 Å². The largest absolute Gasteiger partial charge is 0.479 e. The van der Waals surface area contributed by atoms with Crippen molar-refractivity contribution in [2.45, 2.75) is 32.3 Å². The Morgan fingerprint density at radius 1 is 1.61 bits per heavy atom. The summed E-state index contributed by atoms with van der Waals surface area (Å²) in [5, 5.41) is 8.97. The van der Waals surface area contributed by atoms with Gasteiger partial charge < -0.3 is 9.84 Å². The van der Waals surface area contributed by atoms with Crippen LogP contribution in [0.5, 0.6) is 5.75 Å². The van der Waals surface area contributed by atoms with E-state index in [0.717, 1.165) is 18.9 Å². The quantitative estimate of drug-likeness (QED) is 0.788. The van der Waals surface area contributed by atoms with Crippen molar-refractivity contribution in [3.05, 3.63) is 27.4 Å². The third kappa shape index (κ3) is 4.14. The van der Waals surface area contributed by atoms with Crippen LogP contribution in [0.2, 0.25) is 5.02 Å². The molecule has 1 aromatic rings. The summed E-state index contributed by atoms with van der Waals surface area (Å²) in [6.45, 7) is 1.96. The first-order valence-electron chi connectivity index (χ1n) is 5.49. The van der Waals surface area contributed by atoms with E-state index < -0.39 is 17.9 Å². The lowest BCUT2D eigenvalue weighted by Crippen LogP contribution is -2.27. The van der Waals surface area contributed by atoms with E-state index in [4.69, 9.17) is 21.4 Å². The topological polar surface area (TPSA) is 46.5 Å². The highest BCUT2D eigenvalue weighted by Crippen LogP contribution is 2.31. The van der Waals surface area contributed by atoms with E-state index >= 15 is 0 Å². The van der Waals surface area contributed by atoms with Crippen LogP contribution in [0.4, 0.5) is 4.39 Å². The van der Waals surface area contributed by atoms with Crippen molar-refractivity contribution in [3.63, 3.8) is 0 Å². The highest BCUT2D eigenvalue weighted by Gasteiger charge is 2.20. The van der Waals surface area contributed by atoms with Crippen molar-refractivity contribution in [3.8, 4) is 5.75 Å². The SMILES string of the molecule is CCCCC(Oc1cc(F)c(Cl)cc1Br)C(=O)O. The van der Waals surface area contributed by atoms with Crippen molar-refractivity contribution in [1.82, 2.24) is 0 Å². The summed E-state index contributed by atoms with van der Waals surface area (Å²) in [5.41, 5.74) is 0. The molecule has 0 aliphatic carbocycles. The summed E-state index contributed by atoms with van der Waals surface area (Å²) in [6, 6.07) is 2.42. The smallest absolute Gasteiger partial charge is 0.344 e. The summed E-state index contributed by atoms with van der Waals surface area (Å²) < 4.78 is 19.0. The number of aliphatic carboxylic acids is 1. The fourth-order valence-electron chi connectivity index (χ4n) is 1.37. The first-order valence-corrected chi connectivity index (χ1v) is 6.66. The van der Waals surface area contributed by atoms with Crippen LogP contribution in [0.3, 0.4) is 0 Å². The Hall–Kier alpha value is -0.810. The minimum Gasteiger partial charge on any atom is -0.479 e. The lowest BCUT2D eigenvalue weighted by molar-refractivity contribution is -0.145. The fourth-order valence-corrected chi connectivity index (χ4v) is 2.10. The van der Waals surface area contributed by atoms with Crippen molar-refractivity contribution in [2.75, 3.05) is 0 Å². The minimum atomic E-state index is -1.06. The molecule has 0 aliphatic rings. The van der Waals surface area contributed by atoms with Gasteiger partial charge in [-0.05, 0) is 34.8 Å². The Morgan fingerprint density at radius 2 is 2.28 bits per heavy atom. The second-order valence-corrected chi connectivity index (χ2v) is 5.05. The first kappa shape index (κ1) is 15.2. The molecule has 18 heavy (non-hydrogen) atoms. The van der Waals surface area contributed by atoms with E-state index in [-0.39, 0.29) is 10.8 Å². The van der Waals surface area contributed by atoms with Crippen LogP contribution in [-0.4, -0.2) is 17.2 Å². The molecule has 100 valence electrons. The lowest BCUT2D eigenvalue weighted by Gasteiger charge is -2.16. The van der Waals surface area contributed by atoms with Crippen molar-refractivity contribution in [2.24, 2.45) is 0 Å². The maximum Gasteiger partial charge on any atom is 0.344 e. The van der Waals surface area contributed by atoms with Gasteiger partial charge in [-0.2, -0.15) is 0 Å². The van der Waals surface area contributed by atoms with Gasteiger partial charge in [-0.1, -0.05) is 24.9 Å². The molecule has 1 N–H and O–H groups in total. The standard InChI is InChI=1S/C12H13BrClFO3/c1-2-3-4-10(12(16)17)18-11-6-9(15)8(14)5-7(11)13/h5-6,10H,2-4H2,1H3,(H,16,17). The molecule has 0 bridgehead atoms. The maximum absolute atomic E-state index is 13.3. The summed E-state index contributed by atoms with van der Waals surface area (Å²) >= 11 is 8.75. The van der Waals surface area contributed by atoms with E-state index in [1.165, 1.54) is 6.07 Å². The zero-order chi connectivity index (χ0) is 13.7. The third-order valence-electron chi connectivity index (χ3n) is 2.34. The molecular weight excluding hydrogens is 326 g/mol. The normalized spacial score (nSPS) is 12.2. The molecular formula is C12H13BrClFO3. The maximum atomic E-state index is 13.3. The Morgan fingerprint density at radius 3 is 2.83 bits per heavy atom. The van der Waals surface area contributed by atoms with Crippen molar-refractivity contribution >= 4 is 33.5 Å². The highest BCUT2D eigenvalue weighted by atomic mass is 79.9. The van der Waals surface area contributed by atoms with Gasteiger partial charge in [-0.25, -0.2) is 9.18 Å². The van der Waals surface area contributed by atoms with Gasteiger partial charge in [0.2, 0.25) is 0 Å². The number of carboxylic acid groups (broad SMARTS) is 1. The predicted octanol–water partition coefficient (Wildman–Crippen LogP) is 4.26. The van der Waals surface area contributed by atoms with E-state index in [1.807, 2.05) is 6.92 Å². The van der Waals surface area contributed by atoms with Gasteiger partial charge in [0.15, 0.2) is 6.10 Å². The zero-order valence-corrected chi connectivity index (χ0v) is 12.1. The number of hydrogen-bond donors (Lipinski definition) is 1. The minimum absolute atomic E-state index is 0.0466. The molecule has 0 aromatic heterocycles. The van der Waals surface area contributed by atoms with Crippen molar-refractivity contribution in [1.29, 1.82) is 0 Å². The number of ether oxygens (including phenoxy) is 1. The van der Waals surface area contributed by atoms with Gasteiger partial charge in [-0.15, -0.1) is 0 Å². The molecule has 1 unspecified atom stereocenters. The van der Waals surface area contributed by atoms with Crippen LogP contribution in [-0.2, 0) is 4.79 Å². The second-order valence-electron chi connectivity index (χ2n) is 3.78. The average molecular weight is 340 g/mol. The molecule has 0 radical (unpaired) electrons. The Bertz CT molecular complexity index is 440. The van der Waals surface area contributed by atoms with Crippen molar-refractivity contribution < 1.29 is 19.0 Å². The molecule has 0 saturated carbocycles. The fraction of sp³-hybridized carbons (Fsp3) is 0.417. The second kappa shape index (κ2) is 6.95. The molecule has 3 nitrogen and oxygen atoms in total. The number of benzene rings is 1. The van der Waals surface area contributed by atoms with Crippen LogP contribution >= 0.6 is 27.5 Å². The van der Waals surface area contributed by atoms with Gasteiger partial charge in [0.25, 0.3) is 0 Å². The molecule has 1 atom stereocenters. The van der Waals surface area contributed by atoms with E-state index in [0.29, 0.717) is 10.9 Å². The monoisotopic (exact) mass is 338 g/mol. The van der Waals surface area contributed by atoms with E-state index in [2.05, 4.69) is 15.9 Å². The number of carbonyl (C=O) groups is 1. The lowest BCUT2D eigenvalue weighted by atomic mass is 10.1. The molecule has 0 saturated heterocycles. The summed E-state index contributed by atoms with van der Waals surface area (Å²) in [4.78, 5) is 11.0. The number of unbranched alkanes of at least 4 members (excludes halogenated alkanes) is 1. The molecule has 6 heteroatoms. The average Bonchev–Trinajstić information content (AvgIpc) is 2.30. The van der Waals surface area contributed by atoms with Gasteiger partial charge in [-0.3, -0.25) is 0 Å². The van der Waals surface area contributed by atoms with Crippen LogP contribution in [0.25, 0.3) is 0 Å². The first-order chi connectivity index (χ1) is 8.45. The van der Waals surface area contributed by atoms with Gasteiger partial charge in [0, 0.05) is 6.07 Å². The predicted molar refractivity (Wildman–Crippen MR) is 70.7 cm³/mol. The molecule has 1 rings (SSSR count). The molecule has 0 heterocycles. The highest BCUT2D eigenvalue weighted by molar-refractivity contribution is 9.10. The summed E-state index contributed by atoms with van der Waals surface area (Å²) in [6.07, 6.45) is 0.984. The number of carboxylic acids is 1. The zero-order valence-electron chi connectivity index (χ0n) is 9.75. The molecule has 1 aromatic carbocycles. The van der Waals surface area contributed by atoms with Gasteiger partial charge in [0.1, 0.15) is 11.6 Å². The van der Waals surface area contributed by atoms with E-state index in [1.54, 1.807) is 0 Å². The van der Waals surface area contributed by atoms with E-state index in [9.17, 15) is 9.18 Å². The summed E-state index contributed by atoms with van der Waals surface area (Å²) in [5.74, 6) is -1.57. The Labute approximate surface area is 118 Å². The Kier molecular flexibility index (Phi) is 5.88. The molecule has 0 aliphatic heterocycles. The van der Waals surface area contributed by atoms with Crippen LogP contribution < -0.4 is 4.74 Å². The molecule has 0 fully saturated rings. The number of hydrogen-bond acceptors (Lipinski definition) is 2. The third-order valence-corrected chi connectivity index (χ3v) is 3.25. The van der Waals surface area contributed by atoms with Crippen LogP contribution in [0.1, 0.15) is 26.2 Å².